The second-order valence-corrected chi connectivity index (χ2v) is 20.1. The first-order valence-corrected chi connectivity index (χ1v) is 28.2. The molecule has 1 fully saturated rings. The van der Waals surface area contributed by atoms with Gasteiger partial charge in [-0.05, 0) is 57.8 Å². The lowest BCUT2D eigenvalue weighted by molar-refractivity contribution is -0.297. The molecular weight excluding hydrogens is 861 g/mol. The fourth-order valence-corrected chi connectivity index (χ4v) is 8.78. The Balaban J connectivity index is 2.36. The third kappa shape index (κ3) is 36.9. The predicted molar refractivity (Wildman–Crippen MR) is 266 cm³/mol. The number of carbonyl (C=O) groups excluding carboxylic acids is 2. The van der Waals surface area contributed by atoms with E-state index < -0.39 is 71.2 Å². The van der Waals surface area contributed by atoms with Crippen molar-refractivity contribution in [2.75, 3.05) is 19.0 Å². The number of carbonyl (C=O) groups is 2. The van der Waals surface area contributed by atoms with Gasteiger partial charge in [0.25, 0.3) is 10.1 Å². The van der Waals surface area contributed by atoms with Crippen molar-refractivity contribution in [2.24, 2.45) is 0 Å². The van der Waals surface area contributed by atoms with Crippen molar-refractivity contribution in [1.82, 2.24) is 0 Å². The molecule has 0 aromatic rings. The average molecular weight is 957 g/mol. The summed E-state index contributed by atoms with van der Waals surface area (Å²) in [4.78, 5) is 25.5. The molecule has 1 aliphatic heterocycles. The quantitative estimate of drug-likeness (QED) is 0.0149. The van der Waals surface area contributed by atoms with Crippen LogP contribution >= 0.6 is 0 Å². The van der Waals surface area contributed by atoms with E-state index in [4.69, 9.17) is 18.9 Å². The Morgan fingerprint density at radius 1 is 0.515 bits per heavy atom. The molecule has 0 aliphatic carbocycles. The van der Waals surface area contributed by atoms with E-state index in [1.165, 1.54) is 135 Å². The zero-order chi connectivity index (χ0) is 48.4. The summed E-state index contributed by atoms with van der Waals surface area (Å²) in [5.41, 5.74) is 0. The zero-order valence-corrected chi connectivity index (χ0v) is 42.4. The van der Waals surface area contributed by atoms with Gasteiger partial charge in [0.1, 0.15) is 36.8 Å². The standard InChI is InChI=1S/C53H96O12S/c1-3-5-7-9-11-13-15-17-19-20-21-22-23-24-25-26-28-30-32-34-36-38-40-42-49(55)64-46(44-63-53-52(58)51(57)50(56)47(65-53)45-66(59,60)61)43-62-48(54)41-39-37-35-33-31-29-27-18-16-14-12-10-8-6-4-2/h14,16,18,27,34,36,46-47,50-53,56-58H,3-13,15,17,19-26,28-33,35,37-45H2,1-2H3,(H,59,60,61)/b16-14+,27-18+,36-34+/t46-,47-,50-,51?,52?,53+/m1/s1. The SMILES string of the molecule is CCCCCC/C=C/C=C/CCCCCCCC(=O)OC[C@H](CO[C@H]1O[C@H](CS(=O)(=O)O)[C@@H](O)C(O)C1O)OC(=O)CCC/C=C/CCCCCCCCCCCCCCCCCCCC. The van der Waals surface area contributed by atoms with Crippen LogP contribution in [0.25, 0.3) is 0 Å². The molecule has 6 atom stereocenters. The monoisotopic (exact) mass is 957 g/mol. The molecule has 1 rings (SSSR count). The van der Waals surface area contributed by atoms with Crippen LogP contribution in [0.4, 0.5) is 0 Å². The molecule has 2 unspecified atom stereocenters. The molecule has 1 heterocycles. The Morgan fingerprint density at radius 2 is 0.924 bits per heavy atom. The van der Waals surface area contributed by atoms with Crippen LogP contribution < -0.4 is 0 Å². The van der Waals surface area contributed by atoms with E-state index in [1.54, 1.807) is 0 Å². The van der Waals surface area contributed by atoms with Gasteiger partial charge in [-0.3, -0.25) is 14.1 Å². The number of hydrogen-bond donors (Lipinski definition) is 4. The lowest BCUT2D eigenvalue weighted by Crippen LogP contribution is -2.60. The van der Waals surface area contributed by atoms with Gasteiger partial charge in [0.2, 0.25) is 0 Å². The molecule has 0 aromatic heterocycles. The first kappa shape index (κ1) is 61.9. The Labute approximate surface area is 401 Å². The fourth-order valence-electron chi connectivity index (χ4n) is 8.08. The van der Waals surface area contributed by atoms with Gasteiger partial charge in [-0.25, -0.2) is 0 Å². The van der Waals surface area contributed by atoms with Crippen LogP contribution in [0.1, 0.15) is 232 Å². The highest BCUT2D eigenvalue weighted by molar-refractivity contribution is 7.85. The van der Waals surface area contributed by atoms with Crippen LogP contribution in [0.5, 0.6) is 0 Å². The molecular formula is C53H96O12S. The molecule has 0 saturated carbocycles. The minimum absolute atomic E-state index is 0.115. The Morgan fingerprint density at radius 3 is 1.41 bits per heavy atom. The largest absolute Gasteiger partial charge is 0.462 e. The molecule has 0 spiro atoms. The summed E-state index contributed by atoms with van der Waals surface area (Å²) >= 11 is 0. The summed E-state index contributed by atoms with van der Waals surface area (Å²) in [5, 5.41) is 31.0. The molecule has 4 N–H and O–H groups in total. The first-order valence-electron chi connectivity index (χ1n) is 26.6. The summed E-state index contributed by atoms with van der Waals surface area (Å²) in [5.74, 6) is -2.04. The van der Waals surface area contributed by atoms with Crippen LogP contribution in [0, 0.1) is 0 Å². The third-order valence-corrected chi connectivity index (χ3v) is 13.0. The number of hydrogen-bond acceptors (Lipinski definition) is 11. The van der Waals surface area contributed by atoms with E-state index in [0.717, 1.165) is 51.4 Å². The molecule has 0 aromatic carbocycles. The summed E-state index contributed by atoms with van der Waals surface area (Å²) in [6, 6.07) is 0. The normalized spacial score (nSPS) is 19.6. The third-order valence-electron chi connectivity index (χ3n) is 12.2. The second-order valence-electron chi connectivity index (χ2n) is 18.6. The summed E-state index contributed by atoms with van der Waals surface area (Å²) in [6.45, 7) is 3.74. The van der Waals surface area contributed by atoms with Gasteiger partial charge >= 0.3 is 11.9 Å². The molecule has 13 heteroatoms. The van der Waals surface area contributed by atoms with E-state index in [0.29, 0.717) is 19.3 Å². The van der Waals surface area contributed by atoms with Crippen molar-refractivity contribution in [3.63, 3.8) is 0 Å². The minimum atomic E-state index is -4.61. The molecule has 12 nitrogen and oxygen atoms in total. The molecule has 0 radical (unpaired) electrons. The first-order chi connectivity index (χ1) is 32.0. The van der Waals surface area contributed by atoms with Crippen molar-refractivity contribution >= 4 is 22.1 Å². The van der Waals surface area contributed by atoms with Gasteiger partial charge in [0.15, 0.2) is 12.4 Å². The maximum atomic E-state index is 12.9. The van der Waals surface area contributed by atoms with Gasteiger partial charge in [-0.2, -0.15) is 8.42 Å². The van der Waals surface area contributed by atoms with Crippen molar-refractivity contribution < 1.29 is 56.8 Å². The van der Waals surface area contributed by atoms with Crippen LogP contribution in [0.2, 0.25) is 0 Å². The molecule has 66 heavy (non-hydrogen) atoms. The maximum absolute atomic E-state index is 12.9. The Kier molecular flexibility index (Phi) is 40.3. The van der Waals surface area contributed by atoms with Gasteiger partial charge in [-0.15, -0.1) is 0 Å². The molecule has 0 amide bonds. The van der Waals surface area contributed by atoms with Crippen LogP contribution in [-0.4, -0.2) is 96.0 Å². The maximum Gasteiger partial charge on any atom is 0.306 e. The van der Waals surface area contributed by atoms with E-state index >= 15 is 0 Å². The second kappa shape index (κ2) is 42.9. The highest BCUT2D eigenvalue weighted by Gasteiger charge is 2.46. The number of ether oxygens (including phenoxy) is 4. The van der Waals surface area contributed by atoms with Crippen molar-refractivity contribution in [2.45, 2.75) is 269 Å². The average Bonchev–Trinajstić information content (AvgIpc) is 3.28. The number of rotatable bonds is 45. The van der Waals surface area contributed by atoms with Gasteiger partial charge < -0.3 is 34.3 Å². The summed E-state index contributed by atoms with van der Waals surface area (Å²) in [6.07, 6.45) is 42.0. The fraction of sp³-hybridized carbons (Fsp3) is 0.849. The topological polar surface area (TPSA) is 186 Å². The van der Waals surface area contributed by atoms with Crippen molar-refractivity contribution in [3.8, 4) is 0 Å². The van der Waals surface area contributed by atoms with Gasteiger partial charge in [0.05, 0.1) is 6.61 Å². The van der Waals surface area contributed by atoms with E-state index in [9.17, 15) is 37.9 Å². The van der Waals surface area contributed by atoms with Crippen LogP contribution in [-0.2, 0) is 38.7 Å². The Hall–Kier alpha value is -2.13. The highest BCUT2D eigenvalue weighted by Crippen LogP contribution is 2.24. The van der Waals surface area contributed by atoms with Crippen LogP contribution in [0.15, 0.2) is 36.5 Å². The van der Waals surface area contributed by atoms with Crippen molar-refractivity contribution in [3.05, 3.63) is 36.5 Å². The van der Waals surface area contributed by atoms with Crippen LogP contribution in [0.3, 0.4) is 0 Å². The number of aliphatic hydroxyl groups is 3. The number of unbranched alkanes of at least 4 members (excludes halogenated alkanes) is 28. The van der Waals surface area contributed by atoms with Crippen molar-refractivity contribution in [1.29, 1.82) is 0 Å². The Bertz CT molecular complexity index is 1350. The minimum Gasteiger partial charge on any atom is -0.462 e. The van der Waals surface area contributed by atoms with Gasteiger partial charge in [-0.1, -0.05) is 198 Å². The zero-order valence-electron chi connectivity index (χ0n) is 41.6. The smallest absolute Gasteiger partial charge is 0.306 e. The molecule has 1 aliphatic rings. The number of allylic oxidation sites excluding steroid dienone is 6. The molecule has 1 saturated heterocycles. The van der Waals surface area contributed by atoms with E-state index in [-0.39, 0.29) is 19.4 Å². The molecule has 386 valence electrons. The summed E-state index contributed by atoms with van der Waals surface area (Å²) in [7, 11) is -4.61. The molecule has 0 bridgehead atoms. The highest BCUT2D eigenvalue weighted by atomic mass is 32.2. The van der Waals surface area contributed by atoms with E-state index in [1.807, 2.05) is 0 Å². The lowest BCUT2D eigenvalue weighted by atomic mass is 10.00. The lowest BCUT2D eigenvalue weighted by Gasteiger charge is -2.40. The van der Waals surface area contributed by atoms with E-state index in [2.05, 4.69) is 50.3 Å². The predicted octanol–water partition coefficient (Wildman–Crippen LogP) is 12.1. The van der Waals surface area contributed by atoms with Gasteiger partial charge in [0, 0.05) is 12.8 Å². The number of aliphatic hydroxyl groups excluding tert-OH is 3. The summed E-state index contributed by atoms with van der Waals surface area (Å²) < 4.78 is 54.2. The number of esters is 2.